The van der Waals surface area contributed by atoms with Crippen LogP contribution in [-0.4, -0.2) is 31.3 Å². The molecule has 2 aromatic rings. The number of hydrogen-bond donors (Lipinski definition) is 0. The van der Waals surface area contributed by atoms with Crippen LogP contribution in [0.5, 0.6) is 11.5 Å². The Balaban J connectivity index is 1.35. The summed E-state index contributed by atoms with van der Waals surface area (Å²) < 4.78 is 10.9. The first-order valence-electron chi connectivity index (χ1n) is 10.4. The van der Waals surface area contributed by atoms with E-state index in [0.717, 1.165) is 19.3 Å². The van der Waals surface area contributed by atoms with E-state index in [4.69, 9.17) is 9.47 Å². The van der Waals surface area contributed by atoms with Crippen LogP contribution < -0.4 is 14.4 Å². The molecule has 30 heavy (non-hydrogen) atoms. The number of benzene rings is 2. The third-order valence-electron chi connectivity index (χ3n) is 6.80. The van der Waals surface area contributed by atoms with Gasteiger partial charge < -0.3 is 9.47 Å². The number of Topliss-reactive ketones (excluding diaryl/α,β-unsaturated/α-hetero) is 1. The molecular formula is C24H23NO5. The molecule has 1 saturated heterocycles. The summed E-state index contributed by atoms with van der Waals surface area (Å²) in [7, 11) is 1.57. The molecule has 0 spiro atoms. The van der Waals surface area contributed by atoms with E-state index >= 15 is 0 Å². The van der Waals surface area contributed by atoms with Crippen LogP contribution in [0.1, 0.15) is 29.6 Å². The minimum atomic E-state index is -0.193. The molecule has 5 rings (SSSR count). The highest BCUT2D eigenvalue weighted by Crippen LogP contribution is 2.57. The first kappa shape index (κ1) is 18.9. The molecule has 1 aliphatic heterocycles. The predicted octanol–water partition coefficient (Wildman–Crippen LogP) is 3.49. The lowest BCUT2D eigenvalue weighted by atomic mass is 9.81. The molecule has 0 radical (unpaired) electrons. The fraction of sp³-hybridized carbons (Fsp3) is 0.375. The molecule has 1 heterocycles. The van der Waals surface area contributed by atoms with Crippen LogP contribution in [0.25, 0.3) is 0 Å². The Bertz CT molecular complexity index is 987. The van der Waals surface area contributed by atoms with Crippen LogP contribution in [0.3, 0.4) is 0 Å². The van der Waals surface area contributed by atoms with Gasteiger partial charge in [-0.15, -0.1) is 0 Å². The molecular weight excluding hydrogens is 382 g/mol. The summed E-state index contributed by atoms with van der Waals surface area (Å²) >= 11 is 0. The number of carbonyl (C=O) groups is 3. The molecule has 3 fully saturated rings. The van der Waals surface area contributed by atoms with Crippen LogP contribution in [-0.2, 0) is 9.59 Å². The summed E-state index contributed by atoms with van der Waals surface area (Å²) in [5.41, 5.74) is 0.941. The molecule has 0 N–H and O–H groups in total. The van der Waals surface area contributed by atoms with E-state index in [2.05, 4.69) is 0 Å². The van der Waals surface area contributed by atoms with E-state index < -0.39 is 0 Å². The van der Waals surface area contributed by atoms with Gasteiger partial charge in [-0.25, -0.2) is 4.90 Å². The van der Waals surface area contributed by atoms with Crippen LogP contribution in [0.4, 0.5) is 5.69 Å². The van der Waals surface area contributed by atoms with Crippen molar-refractivity contribution >= 4 is 23.3 Å². The van der Waals surface area contributed by atoms with Crippen LogP contribution in [0.15, 0.2) is 48.5 Å². The molecule has 0 aromatic heterocycles. The van der Waals surface area contributed by atoms with E-state index in [1.165, 1.54) is 4.90 Å². The van der Waals surface area contributed by atoms with Crippen molar-refractivity contribution in [2.45, 2.75) is 19.3 Å². The normalized spacial score (nSPS) is 26.8. The van der Waals surface area contributed by atoms with Crippen molar-refractivity contribution < 1.29 is 23.9 Å². The van der Waals surface area contributed by atoms with Gasteiger partial charge in [-0.3, -0.25) is 14.4 Å². The Morgan fingerprint density at radius 3 is 2.23 bits per heavy atom. The van der Waals surface area contributed by atoms with Gasteiger partial charge in [0.25, 0.3) is 0 Å². The third kappa shape index (κ3) is 2.90. The lowest BCUT2D eigenvalue weighted by Crippen LogP contribution is -2.33. The molecule has 6 nitrogen and oxygen atoms in total. The second-order valence-corrected chi connectivity index (χ2v) is 8.30. The Morgan fingerprint density at radius 2 is 1.60 bits per heavy atom. The Morgan fingerprint density at radius 1 is 0.967 bits per heavy atom. The largest absolute Gasteiger partial charge is 0.497 e. The summed E-state index contributed by atoms with van der Waals surface area (Å²) in [6.07, 6.45) is 3.07. The number of hydrogen-bond acceptors (Lipinski definition) is 5. The van der Waals surface area contributed by atoms with E-state index in [9.17, 15) is 14.4 Å². The zero-order valence-electron chi connectivity index (χ0n) is 16.7. The summed E-state index contributed by atoms with van der Waals surface area (Å²) in [4.78, 5) is 40.1. The molecule has 3 aliphatic rings. The molecule has 4 atom stereocenters. The fourth-order valence-electron chi connectivity index (χ4n) is 5.41. The van der Waals surface area contributed by atoms with Gasteiger partial charge >= 0.3 is 0 Å². The number of rotatable bonds is 6. The molecule has 154 valence electrons. The van der Waals surface area contributed by atoms with E-state index in [0.29, 0.717) is 34.6 Å². The third-order valence-corrected chi connectivity index (χ3v) is 6.80. The molecule has 2 aromatic carbocycles. The predicted molar refractivity (Wildman–Crippen MR) is 110 cm³/mol. The maximum atomic E-state index is 13.1. The van der Waals surface area contributed by atoms with Gasteiger partial charge in [0.1, 0.15) is 11.5 Å². The monoisotopic (exact) mass is 405 g/mol. The maximum absolute atomic E-state index is 13.1. The molecule has 2 saturated carbocycles. The summed E-state index contributed by atoms with van der Waals surface area (Å²) in [6.45, 7) is -0.183. The Kier molecular flexibility index (Phi) is 4.57. The average molecular weight is 405 g/mol. The zero-order chi connectivity index (χ0) is 20.8. The lowest BCUT2D eigenvalue weighted by molar-refractivity contribution is -0.123. The van der Waals surface area contributed by atoms with Gasteiger partial charge in [0.05, 0.1) is 24.6 Å². The smallest absolute Gasteiger partial charge is 0.238 e. The number of para-hydroxylation sites is 2. The van der Waals surface area contributed by atoms with Crippen molar-refractivity contribution in [1.82, 2.24) is 0 Å². The molecule has 2 aliphatic carbocycles. The Labute approximate surface area is 174 Å². The SMILES string of the molecule is COc1ccc(C(=O)COc2ccccc2N2C(=O)[C@@H]3[C@@H]4CC[C@@H](C4)[C@@H]3C2=O)cc1. The zero-order valence-corrected chi connectivity index (χ0v) is 16.7. The summed E-state index contributed by atoms with van der Waals surface area (Å²) in [5, 5.41) is 0. The van der Waals surface area contributed by atoms with E-state index in [1.54, 1.807) is 55.6 Å². The first-order valence-corrected chi connectivity index (χ1v) is 10.4. The fourth-order valence-corrected chi connectivity index (χ4v) is 5.41. The van der Waals surface area contributed by atoms with Gasteiger partial charge in [-0.05, 0) is 67.5 Å². The van der Waals surface area contributed by atoms with Gasteiger partial charge in [0, 0.05) is 5.56 Å². The van der Waals surface area contributed by atoms with Crippen LogP contribution in [0, 0.1) is 23.7 Å². The Hall–Kier alpha value is -3.15. The van der Waals surface area contributed by atoms with Gasteiger partial charge in [-0.1, -0.05) is 12.1 Å². The van der Waals surface area contributed by atoms with Gasteiger partial charge in [-0.2, -0.15) is 0 Å². The topological polar surface area (TPSA) is 72.9 Å². The van der Waals surface area contributed by atoms with Crippen molar-refractivity contribution in [2.75, 3.05) is 18.6 Å². The number of fused-ring (bicyclic) bond motifs is 5. The number of anilines is 1. The number of amides is 2. The highest BCUT2D eigenvalue weighted by Gasteiger charge is 2.61. The van der Waals surface area contributed by atoms with Gasteiger partial charge in [0.2, 0.25) is 11.8 Å². The van der Waals surface area contributed by atoms with E-state index in [1.807, 2.05) is 0 Å². The lowest BCUT2D eigenvalue weighted by Gasteiger charge is -2.20. The minimum absolute atomic E-state index is 0.116. The number of carbonyl (C=O) groups excluding carboxylic acids is 3. The maximum Gasteiger partial charge on any atom is 0.238 e. The molecule has 6 heteroatoms. The van der Waals surface area contributed by atoms with E-state index in [-0.39, 0.29) is 36.0 Å². The summed E-state index contributed by atoms with van der Waals surface area (Å²) in [6, 6.07) is 13.8. The second-order valence-electron chi connectivity index (χ2n) is 8.30. The highest BCUT2D eigenvalue weighted by atomic mass is 16.5. The van der Waals surface area contributed by atoms with Crippen molar-refractivity contribution in [3.63, 3.8) is 0 Å². The minimum Gasteiger partial charge on any atom is -0.497 e. The van der Waals surface area contributed by atoms with Crippen molar-refractivity contribution in [1.29, 1.82) is 0 Å². The number of ketones is 1. The summed E-state index contributed by atoms with van der Waals surface area (Å²) in [5.74, 6) is 0.885. The average Bonchev–Trinajstić information content (AvgIpc) is 3.46. The standard InChI is InChI=1S/C24H23NO5/c1-29-17-10-8-14(9-11-17)19(26)13-30-20-5-3-2-4-18(20)25-23(27)21-15-6-7-16(12-15)22(21)24(25)28/h2-5,8-11,15-16,21-22H,6-7,12-13H2,1H3/t15-,16+,21-,22+. The quantitative estimate of drug-likeness (QED) is 0.543. The molecule has 2 bridgehead atoms. The molecule has 2 amide bonds. The van der Waals surface area contributed by atoms with Crippen molar-refractivity contribution in [2.24, 2.45) is 23.7 Å². The number of ether oxygens (including phenoxy) is 2. The van der Waals surface area contributed by atoms with Crippen LogP contribution >= 0.6 is 0 Å². The number of imide groups is 1. The number of methoxy groups -OCH3 is 1. The highest BCUT2D eigenvalue weighted by molar-refractivity contribution is 6.23. The number of nitrogens with zero attached hydrogens (tertiary/aromatic N) is 1. The van der Waals surface area contributed by atoms with Crippen molar-refractivity contribution in [3.05, 3.63) is 54.1 Å². The van der Waals surface area contributed by atoms with Crippen LogP contribution in [0.2, 0.25) is 0 Å². The first-order chi connectivity index (χ1) is 14.6. The van der Waals surface area contributed by atoms with Crippen molar-refractivity contribution in [3.8, 4) is 11.5 Å². The molecule has 0 unspecified atom stereocenters. The van der Waals surface area contributed by atoms with Gasteiger partial charge in [0.15, 0.2) is 12.4 Å². The second kappa shape index (κ2) is 7.27.